The van der Waals surface area contributed by atoms with Crippen molar-refractivity contribution in [3.8, 4) is 5.82 Å². The first-order chi connectivity index (χ1) is 14.1. The third-order valence-electron chi connectivity index (χ3n) is 5.31. The summed E-state index contributed by atoms with van der Waals surface area (Å²) in [5.74, 6) is 0.664. The molecular weight excluding hydrogens is 415 g/mol. The molecule has 4 nitrogen and oxygen atoms in total. The molecule has 30 heavy (non-hydrogen) atoms. The Bertz CT molecular complexity index is 1120. The summed E-state index contributed by atoms with van der Waals surface area (Å²) in [5.41, 5.74) is 3.19. The fourth-order valence-electron chi connectivity index (χ4n) is 3.76. The molecule has 1 amide bonds. The van der Waals surface area contributed by atoms with Crippen molar-refractivity contribution in [2.75, 3.05) is 4.90 Å². The zero-order valence-electron chi connectivity index (χ0n) is 16.4. The summed E-state index contributed by atoms with van der Waals surface area (Å²) in [6, 6.07) is 10.9. The van der Waals surface area contributed by atoms with Crippen molar-refractivity contribution in [2.45, 2.75) is 39.4 Å². The highest BCUT2D eigenvalue weighted by Crippen LogP contribution is 2.34. The Morgan fingerprint density at radius 2 is 1.73 bits per heavy atom. The van der Waals surface area contributed by atoms with E-state index >= 15 is 0 Å². The third kappa shape index (κ3) is 3.69. The molecule has 3 aromatic rings. The number of anilines is 1. The number of carbonyl (C=O) groups is 1. The van der Waals surface area contributed by atoms with E-state index in [9.17, 15) is 18.0 Å². The number of amides is 1. The Morgan fingerprint density at radius 1 is 1.03 bits per heavy atom. The molecule has 0 atom stereocenters. The maximum absolute atomic E-state index is 12.9. The van der Waals surface area contributed by atoms with Gasteiger partial charge in [0.15, 0.2) is 0 Å². The fourth-order valence-corrected chi connectivity index (χ4v) is 4.00. The van der Waals surface area contributed by atoms with Gasteiger partial charge in [-0.15, -0.1) is 0 Å². The molecule has 0 bridgehead atoms. The van der Waals surface area contributed by atoms with Crippen LogP contribution < -0.4 is 4.90 Å². The molecule has 3 heterocycles. The first kappa shape index (κ1) is 20.5. The quantitative estimate of drug-likeness (QED) is 0.536. The number of halogens is 4. The highest BCUT2D eigenvalue weighted by Gasteiger charge is 2.32. The monoisotopic (exact) mass is 433 g/mol. The van der Waals surface area contributed by atoms with Crippen molar-refractivity contribution in [3.63, 3.8) is 0 Å². The van der Waals surface area contributed by atoms with Crippen LogP contribution in [0.25, 0.3) is 5.82 Å². The second-order valence-electron chi connectivity index (χ2n) is 7.37. The largest absolute Gasteiger partial charge is 0.416 e. The van der Waals surface area contributed by atoms with Gasteiger partial charge in [-0.25, -0.2) is 4.98 Å². The van der Waals surface area contributed by atoms with Crippen LogP contribution in [0.1, 0.15) is 34.6 Å². The lowest BCUT2D eigenvalue weighted by molar-refractivity contribution is -0.137. The number of benzene rings is 1. The summed E-state index contributed by atoms with van der Waals surface area (Å²) < 4.78 is 40.7. The standard InChI is InChI=1S/C22H19ClF3N3O/c1-13-3-4-14(2)29(13)20-9-8-19-18(27-20)7-10-21(30)28(19)12-15-5-6-16(11-17(15)23)22(24,25)26/h3-6,8-9,11H,7,10,12H2,1-2H3. The van der Waals surface area contributed by atoms with Gasteiger partial charge in [0.05, 0.1) is 23.5 Å². The Morgan fingerprint density at radius 3 is 2.37 bits per heavy atom. The number of fused-ring (bicyclic) bond motifs is 1. The molecular formula is C22H19ClF3N3O. The normalized spacial score (nSPS) is 14.2. The van der Waals surface area contributed by atoms with E-state index in [0.717, 1.165) is 35.0 Å². The van der Waals surface area contributed by atoms with Crippen LogP contribution in [-0.4, -0.2) is 15.5 Å². The summed E-state index contributed by atoms with van der Waals surface area (Å²) in [4.78, 5) is 18.9. The highest BCUT2D eigenvalue weighted by atomic mass is 35.5. The molecule has 0 aliphatic carbocycles. The lowest BCUT2D eigenvalue weighted by atomic mass is 10.0. The molecule has 0 saturated carbocycles. The minimum absolute atomic E-state index is 0.0204. The van der Waals surface area contributed by atoms with E-state index in [2.05, 4.69) is 0 Å². The lowest BCUT2D eigenvalue weighted by Crippen LogP contribution is -2.35. The topological polar surface area (TPSA) is 38.1 Å². The van der Waals surface area contributed by atoms with E-state index in [1.54, 1.807) is 4.90 Å². The van der Waals surface area contributed by atoms with Gasteiger partial charge in [-0.3, -0.25) is 4.79 Å². The number of pyridine rings is 1. The molecule has 8 heteroatoms. The van der Waals surface area contributed by atoms with Crippen LogP contribution >= 0.6 is 11.6 Å². The molecule has 1 aliphatic rings. The van der Waals surface area contributed by atoms with Crippen molar-refractivity contribution in [1.29, 1.82) is 0 Å². The predicted octanol–water partition coefficient (Wildman–Crippen LogP) is 5.64. The third-order valence-corrected chi connectivity index (χ3v) is 5.66. The summed E-state index contributed by atoms with van der Waals surface area (Å²) in [7, 11) is 0. The van der Waals surface area contributed by atoms with Crippen molar-refractivity contribution in [2.24, 2.45) is 0 Å². The average molecular weight is 434 g/mol. The zero-order chi connectivity index (χ0) is 21.6. The number of rotatable bonds is 3. The Labute approximate surface area is 176 Å². The molecule has 1 aromatic carbocycles. The van der Waals surface area contributed by atoms with Crippen LogP contribution in [0.5, 0.6) is 0 Å². The summed E-state index contributed by atoms with van der Waals surface area (Å²) >= 11 is 6.10. The molecule has 0 N–H and O–H groups in total. The number of nitrogens with zero attached hydrogens (tertiary/aromatic N) is 3. The van der Waals surface area contributed by atoms with E-state index < -0.39 is 11.7 Å². The van der Waals surface area contributed by atoms with E-state index in [1.807, 2.05) is 42.7 Å². The molecule has 0 fully saturated rings. The minimum Gasteiger partial charge on any atom is -0.306 e. The molecule has 0 spiro atoms. The fraction of sp³-hybridized carbons (Fsp3) is 0.273. The van der Waals surface area contributed by atoms with Crippen LogP contribution in [0.4, 0.5) is 18.9 Å². The smallest absolute Gasteiger partial charge is 0.306 e. The Balaban J connectivity index is 1.67. The summed E-state index contributed by atoms with van der Waals surface area (Å²) in [6.45, 7) is 4.08. The number of alkyl halides is 3. The van der Waals surface area contributed by atoms with Gasteiger partial charge < -0.3 is 9.47 Å². The van der Waals surface area contributed by atoms with Gasteiger partial charge in [-0.05, 0) is 55.8 Å². The molecule has 0 saturated heterocycles. The zero-order valence-corrected chi connectivity index (χ0v) is 17.2. The van der Waals surface area contributed by atoms with Crippen LogP contribution in [0.2, 0.25) is 5.02 Å². The molecule has 2 aromatic heterocycles. The Hall–Kier alpha value is -2.80. The Kier molecular flexibility index (Phi) is 5.10. The van der Waals surface area contributed by atoms with Crippen molar-refractivity contribution < 1.29 is 18.0 Å². The van der Waals surface area contributed by atoms with Gasteiger partial charge in [0.1, 0.15) is 5.82 Å². The van der Waals surface area contributed by atoms with E-state index in [0.29, 0.717) is 17.7 Å². The summed E-state index contributed by atoms with van der Waals surface area (Å²) in [5, 5.41) is -0.0204. The molecule has 1 aliphatic heterocycles. The average Bonchev–Trinajstić information content (AvgIpc) is 3.02. The molecule has 4 rings (SSSR count). The highest BCUT2D eigenvalue weighted by molar-refractivity contribution is 6.31. The predicted molar refractivity (Wildman–Crippen MR) is 109 cm³/mol. The molecule has 0 unspecified atom stereocenters. The van der Waals surface area contributed by atoms with E-state index in [4.69, 9.17) is 16.6 Å². The summed E-state index contributed by atoms with van der Waals surface area (Å²) in [6.07, 6.45) is -3.67. The van der Waals surface area contributed by atoms with Crippen molar-refractivity contribution >= 4 is 23.2 Å². The number of aromatic nitrogens is 2. The first-order valence-corrected chi connectivity index (χ1v) is 9.84. The van der Waals surface area contributed by atoms with Crippen LogP contribution in [0, 0.1) is 13.8 Å². The first-order valence-electron chi connectivity index (χ1n) is 9.46. The van der Waals surface area contributed by atoms with E-state index in [1.165, 1.54) is 6.07 Å². The number of hydrogen-bond acceptors (Lipinski definition) is 2. The van der Waals surface area contributed by atoms with Gasteiger partial charge in [-0.2, -0.15) is 13.2 Å². The van der Waals surface area contributed by atoms with Crippen LogP contribution in [0.3, 0.4) is 0 Å². The number of carbonyl (C=O) groups excluding carboxylic acids is 1. The van der Waals surface area contributed by atoms with Gasteiger partial charge in [0.2, 0.25) is 5.91 Å². The minimum atomic E-state index is -4.47. The second kappa shape index (κ2) is 7.47. The number of hydrogen-bond donors (Lipinski definition) is 0. The van der Waals surface area contributed by atoms with Crippen LogP contribution in [0.15, 0.2) is 42.5 Å². The number of aryl methyl sites for hydroxylation is 3. The van der Waals surface area contributed by atoms with Gasteiger partial charge in [-0.1, -0.05) is 17.7 Å². The molecule has 0 radical (unpaired) electrons. The van der Waals surface area contributed by atoms with Crippen molar-refractivity contribution in [1.82, 2.24) is 9.55 Å². The van der Waals surface area contributed by atoms with Crippen LogP contribution in [-0.2, 0) is 23.9 Å². The van der Waals surface area contributed by atoms with Gasteiger partial charge in [0, 0.05) is 29.3 Å². The van der Waals surface area contributed by atoms with Gasteiger partial charge in [0.25, 0.3) is 0 Å². The maximum Gasteiger partial charge on any atom is 0.416 e. The van der Waals surface area contributed by atoms with E-state index in [-0.39, 0.29) is 23.9 Å². The van der Waals surface area contributed by atoms with Gasteiger partial charge >= 0.3 is 6.18 Å². The SMILES string of the molecule is Cc1ccc(C)n1-c1ccc2c(n1)CCC(=O)N2Cc1ccc(C(F)(F)F)cc1Cl. The lowest BCUT2D eigenvalue weighted by Gasteiger charge is -2.29. The second-order valence-corrected chi connectivity index (χ2v) is 7.78. The molecule has 156 valence electrons. The maximum atomic E-state index is 12.9. The van der Waals surface area contributed by atoms with Crippen molar-refractivity contribution in [3.05, 3.63) is 75.7 Å².